The lowest BCUT2D eigenvalue weighted by atomic mass is 10.1. The van der Waals surface area contributed by atoms with E-state index in [1.165, 1.54) is 24.4 Å². The zero-order valence-corrected chi connectivity index (χ0v) is 14.8. The summed E-state index contributed by atoms with van der Waals surface area (Å²) in [5, 5.41) is 6.78. The Labute approximate surface area is 158 Å². The number of hydrogen-bond donors (Lipinski definition) is 1. The lowest BCUT2D eigenvalue weighted by Gasteiger charge is -2.09. The van der Waals surface area contributed by atoms with E-state index in [1.807, 2.05) is 0 Å². The van der Waals surface area contributed by atoms with Gasteiger partial charge in [0.1, 0.15) is 0 Å². The summed E-state index contributed by atoms with van der Waals surface area (Å²) in [5.74, 6) is -0.103. The number of benzene rings is 2. The van der Waals surface area contributed by atoms with E-state index in [9.17, 15) is 22.8 Å². The summed E-state index contributed by atoms with van der Waals surface area (Å²) in [6, 6.07) is 12.5. The van der Waals surface area contributed by atoms with Gasteiger partial charge in [0.2, 0.25) is 5.91 Å². The maximum absolute atomic E-state index is 12.7. The zero-order chi connectivity index (χ0) is 20.3. The number of aromatic nitrogens is 2. The van der Waals surface area contributed by atoms with Gasteiger partial charge in [-0.3, -0.25) is 9.59 Å². The van der Waals surface area contributed by atoms with Gasteiger partial charge in [0.25, 0.3) is 5.56 Å². The van der Waals surface area contributed by atoms with Crippen molar-refractivity contribution in [2.24, 2.45) is 0 Å². The zero-order valence-electron chi connectivity index (χ0n) is 14.8. The van der Waals surface area contributed by atoms with Gasteiger partial charge in [-0.2, -0.15) is 23.0 Å². The molecule has 3 aromatic rings. The minimum atomic E-state index is -4.44. The highest BCUT2D eigenvalue weighted by molar-refractivity contribution is 5.90. The lowest BCUT2D eigenvalue weighted by molar-refractivity contribution is -0.137. The van der Waals surface area contributed by atoms with E-state index < -0.39 is 17.3 Å². The molecule has 28 heavy (non-hydrogen) atoms. The molecule has 0 aliphatic carbocycles. The molecule has 0 atom stereocenters. The molecule has 5 nitrogen and oxygen atoms in total. The Kier molecular flexibility index (Phi) is 5.30. The quantitative estimate of drug-likeness (QED) is 0.727. The van der Waals surface area contributed by atoms with Crippen molar-refractivity contribution in [3.63, 3.8) is 0 Å². The van der Waals surface area contributed by atoms with Crippen LogP contribution < -0.4 is 10.9 Å². The van der Waals surface area contributed by atoms with E-state index in [4.69, 9.17) is 0 Å². The van der Waals surface area contributed by atoms with E-state index in [0.717, 1.165) is 22.4 Å². The molecule has 0 radical (unpaired) electrons. The van der Waals surface area contributed by atoms with Crippen molar-refractivity contribution in [1.82, 2.24) is 9.78 Å². The van der Waals surface area contributed by atoms with Crippen molar-refractivity contribution < 1.29 is 18.0 Å². The fourth-order valence-corrected chi connectivity index (χ4v) is 2.55. The first-order valence-corrected chi connectivity index (χ1v) is 8.45. The van der Waals surface area contributed by atoms with Crippen molar-refractivity contribution in [2.75, 3.05) is 5.32 Å². The number of carbonyl (C=O) groups excluding carboxylic acids is 1. The van der Waals surface area contributed by atoms with E-state index in [1.54, 1.807) is 31.2 Å². The van der Waals surface area contributed by atoms with Gasteiger partial charge in [0.05, 0.1) is 17.4 Å². The summed E-state index contributed by atoms with van der Waals surface area (Å²) < 4.78 is 39.0. The molecular formula is C20H16F3N3O2. The average Bonchev–Trinajstić information content (AvgIpc) is 2.68. The third-order valence-corrected chi connectivity index (χ3v) is 4.06. The van der Waals surface area contributed by atoms with Gasteiger partial charge >= 0.3 is 6.18 Å². The highest BCUT2D eigenvalue weighted by Crippen LogP contribution is 2.29. The number of alkyl halides is 3. The van der Waals surface area contributed by atoms with Gasteiger partial charge in [0, 0.05) is 23.7 Å². The van der Waals surface area contributed by atoms with Gasteiger partial charge in [-0.25, -0.2) is 0 Å². The summed E-state index contributed by atoms with van der Waals surface area (Å²) in [4.78, 5) is 23.8. The molecule has 0 aliphatic heterocycles. The number of nitrogens with zero attached hydrogens (tertiary/aromatic N) is 2. The summed E-state index contributed by atoms with van der Waals surface area (Å²) in [6.07, 6.45) is -2.61. The third kappa shape index (κ3) is 4.28. The molecule has 1 amide bonds. The van der Waals surface area contributed by atoms with Gasteiger partial charge in [-0.15, -0.1) is 0 Å². The molecule has 0 spiro atoms. The Bertz CT molecular complexity index is 1040. The Morgan fingerprint density at radius 2 is 1.68 bits per heavy atom. The standard InChI is InChI=1S/C20H16F3N3O2/c1-2-18(27)25-16-7-3-13(4-8-16)14-11-19(28)26(24-12-14)17-9-5-15(6-10-17)20(21,22)23/h3-12H,2H2,1H3,(H,25,27). The van der Waals surface area contributed by atoms with E-state index in [-0.39, 0.29) is 11.6 Å². The number of nitrogens with one attached hydrogen (secondary N) is 1. The molecule has 1 N–H and O–H groups in total. The Morgan fingerprint density at radius 1 is 1.04 bits per heavy atom. The van der Waals surface area contributed by atoms with Gasteiger partial charge in [-0.05, 0) is 42.0 Å². The SMILES string of the molecule is CCC(=O)Nc1ccc(-c2cnn(-c3ccc(C(F)(F)F)cc3)c(=O)c2)cc1. The monoisotopic (exact) mass is 387 g/mol. The van der Waals surface area contributed by atoms with Crippen molar-refractivity contribution in [2.45, 2.75) is 19.5 Å². The molecule has 3 rings (SSSR count). The van der Waals surface area contributed by atoms with Crippen molar-refractivity contribution in [1.29, 1.82) is 0 Å². The highest BCUT2D eigenvalue weighted by Gasteiger charge is 2.30. The van der Waals surface area contributed by atoms with Crippen LogP contribution in [0.3, 0.4) is 0 Å². The first-order valence-electron chi connectivity index (χ1n) is 8.45. The predicted octanol–water partition coefficient (Wildman–Crippen LogP) is 4.27. The molecule has 144 valence electrons. The van der Waals surface area contributed by atoms with Crippen LogP contribution >= 0.6 is 0 Å². The number of rotatable bonds is 4. The first-order chi connectivity index (χ1) is 13.3. The van der Waals surface area contributed by atoms with Crippen molar-refractivity contribution in [3.05, 3.63) is 76.7 Å². The minimum Gasteiger partial charge on any atom is -0.326 e. The number of amides is 1. The van der Waals surface area contributed by atoms with Gasteiger partial charge < -0.3 is 5.32 Å². The largest absolute Gasteiger partial charge is 0.416 e. The van der Waals surface area contributed by atoms with E-state index in [2.05, 4.69) is 10.4 Å². The van der Waals surface area contributed by atoms with Crippen LogP contribution in [0.25, 0.3) is 16.8 Å². The van der Waals surface area contributed by atoms with Crippen molar-refractivity contribution in [3.8, 4) is 16.8 Å². The number of anilines is 1. The molecule has 8 heteroatoms. The molecule has 1 heterocycles. The fraction of sp³-hybridized carbons (Fsp3) is 0.150. The van der Waals surface area contributed by atoms with Crippen LogP contribution in [-0.2, 0) is 11.0 Å². The summed E-state index contributed by atoms with van der Waals surface area (Å²) in [5.41, 5.74) is 0.890. The second-order valence-corrected chi connectivity index (χ2v) is 6.02. The number of carbonyl (C=O) groups is 1. The molecule has 1 aromatic heterocycles. The number of halogens is 3. The fourth-order valence-electron chi connectivity index (χ4n) is 2.55. The second-order valence-electron chi connectivity index (χ2n) is 6.02. The second kappa shape index (κ2) is 7.67. The summed E-state index contributed by atoms with van der Waals surface area (Å²) >= 11 is 0. The van der Waals surface area contributed by atoms with E-state index >= 15 is 0 Å². The van der Waals surface area contributed by atoms with Gasteiger partial charge in [0.15, 0.2) is 0 Å². The average molecular weight is 387 g/mol. The van der Waals surface area contributed by atoms with Gasteiger partial charge in [-0.1, -0.05) is 19.1 Å². The van der Waals surface area contributed by atoms with Crippen LogP contribution in [0.5, 0.6) is 0 Å². The maximum atomic E-state index is 12.7. The van der Waals surface area contributed by atoms with Crippen molar-refractivity contribution >= 4 is 11.6 Å². The molecule has 0 saturated carbocycles. The smallest absolute Gasteiger partial charge is 0.326 e. The van der Waals surface area contributed by atoms with Crippen LogP contribution in [0.2, 0.25) is 0 Å². The van der Waals surface area contributed by atoms with Crippen LogP contribution in [0.4, 0.5) is 18.9 Å². The highest BCUT2D eigenvalue weighted by atomic mass is 19.4. The molecule has 0 bridgehead atoms. The normalized spacial score (nSPS) is 11.3. The Morgan fingerprint density at radius 3 is 2.21 bits per heavy atom. The van der Waals surface area contributed by atoms with Crippen LogP contribution in [0, 0.1) is 0 Å². The predicted molar refractivity (Wildman–Crippen MR) is 99.2 cm³/mol. The van der Waals surface area contributed by atoms with Crippen LogP contribution in [0.1, 0.15) is 18.9 Å². The Balaban J connectivity index is 1.84. The minimum absolute atomic E-state index is 0.103. The summed E-state index contributed by atoms with van der Waals surface area (Å²) in [7, 11) is 0. The Hall–Kier alpha value is -3.42. The molecule has 0 fully saturated rings. The molecule has 0 unspecified atom stereocenters. The molecule has 0 aliphatic rings. The molecule has 2 aromatic carbocycles. The first kappa shape index (κ1) is 19.3. The maximum Gasteiger partial charge on any atom is 0.416 e. The summed E-state index contributed by atoms with van der Waals surface area (Å²) in [6.45, 7) is 1.75. The molecular weight excluding hydrogens is 371 g/mol. The third-order valence-electron chi connectivity index (χ3n) is 4.06. The van der Waals surface area contributed by atoms with Crippen LogP contribution in [-0.4, -0.2) is 15.7 Å². The topological polar surface area (TPSA) is 64.0 Å². The molecule has 0 saturated heterocycles. The number of hydrogen-bond acceptors (Lipinski definition) is 3. The van der Waals surface area contributed by atoms with E-state index in [0.29, 0.717) is 17.7 Å². The van der Waals surface area contributed by atoms with Crippen LogP contribution in [0.15, 0.2) is 65.6 Å². The lowest BCUT2D eigenvalue weighted by Crippen LogP contribution is -2.20.